The molecule has 9 nitrogen and oxygen atoms in total. The van der Waals surface area contributed by atoms with E-state index in [0.29, 0.717) is 21.9 Å². The zero-order chi connectivity index (χ0) is 23.0. The fourth-order valence-electron chi connectivity index (χ4n) is 3.17. The van der Waals surface area contributed by atoms with Gasteiger partial charge in [-0.2, -0.15) is 0 Å². The summed E-state index contributed by atoms with van der Waals surface area (Å²) in [5, 5.41) is 11.5. The van der Waals surface area contributed by atoms with Crippen molar-refractivity contribution in [3.8, 4) is 11.4 Å². The van der Waals surface area contributed by atoms with Crippen molar-refractivity contribution in [3.63, 3.8) is 0 Å². The second-order valence-corrected chi connectivity index (χ2v) is 7.94. The lowest BCUT2D eigenvalue weighted by Crippen LogP contribution is -2.37. The zero-order valence-electron chi connectivity index (χ0n) is 17.0. The third-order valence-corrected chi connectivity index (χ3v) is 5.91. The van der Waals surface area contributed by atoms with E-state index in [-0.39, 0.29) is 22.5 Å². The lowest BCUT2D eigenvalue weighted by molar-refractivity contribution is -0.384. The number of hydrogen-bond acceptors (Lipinski definition) is 7. The first kappa shape index (κ1) is 21.4. The van der Waals surface area contributed by atoms with Crippen molar-refractivity contribution in [2.75, 3.05) is 0 Å². The summed E-state index contributed by atoms with van der Waals surface area (Å²) in [6, 6.07) is 11.7. The molecule has 32 heavy (non-hydrogen) atoms. The normalized spacial score (nSPS) is 11.1. The number of rotatable bonds is 5. The van der Waals surface area contributed by atoms with Crippen molar-refractivity contribution in [1.82, 2.24) is 19.1 Å². The Morgan fingerprint density at radius 1 is 1.06 bits per heavy atom. The summed E-state index contributed by atoms with van der Waals surface area (Å²) in [6.45, 7) is 0. The van der Waals surface area contributed by atoms with Crippen molar-refractivity contribution in [3.05, 3.63) is 90.9 Å². The molecule has 0 aliphatic carbocycles. The molecule has 4 aromatic rings. The van der Waals surface area contributed by atoms with Gasteiger partial charge in [-0.15, -0.1) is 11.8 Å². The standard InChI is InChI=1S/C21H16FN5O4S/c1-25-18-16(20(28)26(2)21(25)29)19(24-17(23-18)13-6-8-14(22)9-7-13)32-11-12-4-3-5-15(10-12)27(30)31/h3-10H,11H2,1-2H3. The predicted octanol–water partition coefficient (Wildman–Crippen LogP) is 3.03. The molecule has 2 aromatic heterocycles. The van der Waals surface area contributed by atoms with Crippen LogP contribution in [0.15, 0.2) is 63.1 Å². The molecule has 0 saturated heterocycles. The second-order valence-electron chi connectivity index (χ2n) is 6.98. The molecule has 0 aliphatic rings. The van der Waals surface area contributed by atoms with Crippen molar-refractivity contribution >= 4 is 28.5 Å². The number of benzene rings is 2. The molecular formula is C21H16FN5O4S. The van der Waals surface area contributed by atoms with Gasteiger partial charge in [0.2, 0.25) is 0 Å². The van der Waals surface area contributed by atoms with Crippen molar-refractivity contribution in [2.24, 2.45) is 14.1 Å². The van der Waals surface area contributed by atoms with Crippen molar-refractivity contribution in [1.29, 1.82) is 0 Å². The van der Waals surface area contributed by atoms with Gasteiger partial charge in [-0.25, -0.2) is 19.2 Å². The Bertz CT molecular complexity index is 1480. The Morgan fingerprint density at radius 3 is 2.47 bits per heavy atom. The van der Waals surface area contributed by atoms with E-state index in [2.05, 4.69) is 9.97 Å². The highest BCUT2D eigenvalue weighted by Gasteiger charge is 2.18. The van der Waals surface area contributed by atoms with Crippen LogP contribution in [0, 0.1) is 15.9 Å². The van der Waals surface area contributed by atoms with Crippen LogP contribution in [0.1, 0.15) is 5.56 Å². The fraction of sp³-hybridized carbons (Fsp3) is 0.143. The van der Waals surface area contributed by atoms with Gasteiger partial charge in [-0.05, 0) is 29.8 Å². The molecule has 0 radical (unpaired) electrons. The van der Waals surface area contributed by atoms with Crippen LogP contribution in [0.2, 0.25) is 0 Å². The molecule has 0 unspecified atom stereocenters. The Morgan fingerprint density at radius 2 is 1.78 bits per heavy atom. The monoisotopic (exact) mass is 453 g/mol. The SMILES string of the molecule is Cn1c(=O)c2c(SCc3cccc([N+](=O)[O-])c3)nc(-c3ccc(F)cc3)nc2n(C)c1=O. The minimum absolute atomic E-state index is 0.0408. The first-order valence-electron chi connectivity index (χ1n) is 9.36. The van der Waals surface area contributed by atoms with Crippen molar-refractivity contribution in [2.45, 2.75) is 10.8 Å². The highest BCUT2D eigenvalue weighted by molar-refractivity contribution is 7.98. The maximum absolute atomic E-state index is 13.4. The number of fused-ring (bicyclic) bond motifs is 1. The molecule has 2 aromatic carbocycles. The quantitative estimate of drug-likeness (QED) is 0.198. The van der Waals surface area contributed by atoms with Gasteiger partial charge in [0.15, 0.2) is 11.5 Å². The molecule has 0 fully saturated rings. The molecule has 0 spiro atoms. The second kappa shape index (κ2) is 8.35. The average Bonchev–Trinajstić information content (AvgIpc) is 2.80. The topological polar surface area (TPSA) is 113 Å². The average molecular weight is 453 g/mol. The smallest absolute Gasteiger partial charge is 0.280 e. The number of nitro groups is 1. The largest absolute Gasteiger partial charge is 0.332 e. The maximum atomic E-state index is 13.4. The molecule has 11 heteroatoms. The Hall–Kier alpha value is -3.86. The van der Waals surface area contributed by atoms with E-state index in [9.17, 15) is 24.1 Å². The lowest BCUT2D eigenvalue weighted by Gasteiger charge is -2.12. The first-order valence-corrected chi connectivity index (χ1v) is 10.3. The van der Waals surface area contributed by atoms with E-state index in [0.717, 1.165) is 4.57 Å². The summed E-state index contributed by atoms with van der Waals surface area (Å²) in [4.78, 5) is 44.8. The Labute approximate surface area is 184 Å². The minimum atomic E-state index is -0.546. The Balaban J connectivity index is 1.88. The number of non-ortho nitro benzene ring substituents is 1. The number of aromatic nitrogens is 4. The first-order chi connectivity index (χ1) is 15.3. The molecule has 0 N–H and O–H groups in total. The number of nitro benzene ring substituents is 1. The summed E-state index contributed by atoms with van der Waals surface area (Å²) in [5.74, 6) is 0.0983. The molecule has 4 rings (SSSR count). The van der Waals surface area contributed by atoms with E-state index < -0.39 is 22.0 Å². The van der Waals surface area contributed by atoms with Gasteiger partial charge in [0, 0.05) is 37.5 Å². The number of thioether (sulfide) groups is 1. The van der Waals surface area contributed by atoms with Crippen LogP contribution in [-0.4, -0.2) is 24.0 Å². The van der Waals surface area contributed by atoms with E-state index >= 15 is 0 Å². The summed E-state index contributed by atoms with van der Waals surface area (Å²) in [7, 11) is 2.87. The third-order valence-electron chi connectivity index (χ3n) is 4.87. The summed E-state index contributed by atoms with van der Waals surface area (Å²) in [6.07, 6.45) is 0. The van der Waals surface area contributed by atoms with Crippen LogP contribution in [0.25, 0.3) is 22.4 Å². The molecule has 0 saturated carbocycles. The molecule has 0 atom stereocenters. The van der Waals surface area contributed by atoms with E-state index in [1.54, 1.807) is 12.1 Å². The number of nitrogens with zero attached hydrogens (tertiary/aromatic N) is 5. The summed E-state index contributed by atoms with van der Waals surface area (Å²) < 4.78 is 15.6. The number of halogens is 1. The van der Waals surface area contributed by atoms with Gasteiger partial charge in [-0.1, -0.05) is 12.1 Å². The number of aryl methyl sites for hydroxylation is 1. The zero-order valence-corrected chi connectivity index (χ0v) is 17.8. The van der Waals surface area contributed by atoms with Gasteiger partial charge >= 0.3 is 5.69 Å². The van der Waals surface area contributed by atoms with Crippen LogP contribution >= 0.6 is 11.8 Å². The van der Waals surface area contributed by atoms with Gasteiger partial charge in [-0.3, -0.25) is 24.0 Å². The van der Waals surface area contributed by atoms with E-state index in [1.165, 1.54) is 66.8 Å². The predicted molar refractivity (Wildman–Crippen MR) is 118 cm³/mol. The van der Waals surface area contributed by atoms with Gasteiger partial charge in [0.25, 0.3) is 11.2 Å². The van der Waals surface area contributed by atoms with Gasteiger partial charge in [0.05, 0.1) is 4.92 Å². The highest BCUT2D eigenvalue weighted by Crippen LogP contribution is 2.29. The van der Waals surface area contributed by atoms with Crippen LogP contribution in [0.5, 0.6) is 0 Å². The number of hydrogen-bond donors (Lipinski definition) is 0. The minimum Gasteiger partial charge on any atom is -0.280 e. The summed E-state index contributed by atoms with van der Waals surface area (Å²) in [5.41, 5.74) is 0.200. The summed E-state index contributed by atoms with van der Waals surface area (Å²) >= 11 is 1.20. The third kappa shape index (κ3) is 3.89. The molecule has 0 bridgehead atoms. The molecular weight excluding hydrogens is 437 g/mol. The lowest BCUT2D eigenvalue weighted by atomic mass is 10.2. The molecule has 0 aliphatic heterocycles. The highest BCUT2D eigenvalue weighted by atomic mass is 32.2. The fourth-order valence-corrected chi connectivity index (χ4v) is 4.13. The van der Waals surface area contributed by atoms with Crippen LogP contribution in [-0.2, 0) is 19.8 Å². The van der Waals surface area contributed by atoms with Crippen LogP contribution < -0.4 is 11.2 Å². The van der Waals surface area contributed by atoms with Gasteiger partial charge in [0.1, 0.15) is 16.2 Å². The Kier molecular flexibility index (Phi) is 5.57. The maximum Gasteiger partial charge on any atom is 0.332 e. The van der Waals surface area contributed by atoms with Gasteiger partial charge < -0.3 is 0 Å². The van der Waals surface area contributed by atoms with Crippen molar-refractivity contribution < 1.29 is 9.31 Å². The molecule has 162 valence electrons. The molecule has 0 amide bonds. The molecule has 2 heterocycles. The van der Waals surface area contributed by atoms with E-state index in [4.69, 9.17) is 0 Å². The van der Waals surface area contributed by atoms with Crippen LogP contribution in [0.4, 0.5) is 10.1 Å². The van der Waals surface area contributed by atoms with Crippen LogP contribution in [0.3, 0.4) is 0 Å². The van der Waals surface area contributed by atoms with E-state index in [1.807, 2.05) is 0 Å².